The molecule has 0 saturated heterocycles. The van der Waals surface area contributed by atoms with Crippen LogP contribution >= 0.6 is 11.6 Å². The molecule has 1 fully saturated rings. The summed E-state index contributed by atoms with van der Waals surface area (Å²) >= 11 is 5.89. The molecule has 2 rings (SSSR count). The molecule has 0 radical (unpaired) electrons. The highest BCUT2D eigenvalue weighted by molar-refractivity contribution is 6.31. The van der Waals surface area contributed by atoms with E-state index in [-0.39, 0.29) is 0 Å². The summed E-state index contributed by atoms with van der Waals surface area (Å²) < 4.78 is 0. The van der Waals surface area contributed by atoms with Crippen LogP contribution < -0.4 is 0 Å². The average Bonchev–Trinajstić information content (AvgIpc) is 2.23. The zero-order chi connectivity index (χ0) is 9.97. The van der Waals surface area contributed by atoms with Crippen molar-refractivity contribution in [1.82, 2.24) is 9.97 Å². The minimum atomic E-state index is 0.569. The summed E-state index contributed by atoms with van der Waals surface area (Å²) in [5.41, 5.74) is 0.905. The molecular formula is C11H15ClN2. The molecule has 0 aliphatic heterocycles. The van der Waals surface area contributed by atoms with Crippen LogP contribution in [-0.4, -0.2) is 9.97 Å². The molecule has 2 nitrogen and oxygen atoms in total. The van der Waals surface area contributed by atoms with E-state index in [9.17, 15) is 0 Å². The van der Waals surface area contributed by atoms with Gasteiger partial charge in [-0.2, -0.15) is 0 Å². The Balaban J connectivity index is 2.18. The van der Waals surface area contributed by atoms with E-state index in [1.54, 1.807) is 6.20 Å². The summed E-state index contributed by atoms with van der Waals surface area (Å²) in [7, 11) is 0. The van der Waals surface area contributed by atoms with Crippen molar-refractivity contribution < 1.29 is 0 Å². The predicted octanol–water partition coefficient (Wildman–Crippen LogP) is 3.49. The van der Waals surface area contributed by atoms with Crippen molar-refractivity contribution in [2.75, 3.05) is 0 Å². The van der Waals surface area contributed by atoms with Gasteiger partial charge in [0.25, 0.3) is 0 Å². The molecule has 0 spiro atoms. The summed E-state index contributed by atoms with van der Waals surface area (Å²) in [5.74, 6) is 1.56. The second-order valence-corrected chi connectivity index (χ2v) is 4.40. The van der Waals surface area contributed by atoms with Crippen molar-refractivity contribution in [3.05, 3.63) is 22.7 Å². The Kier molecular flexibility index (Phi) is 3.02. The summed E-state index contributed by atoms with van der Waals surface area (Å²) in [6, 6.07) is 0. The third-order valence-electron chi connectivity index (χ3n) is 2.91. The molecule has 14 heavy (non-hydrogen) atoms. The van der Waals surface area contributed by atoms with Crippen molar-refractivity contribution >= 4 is 11.6 Å². The number of rotatable bonds is 1. The molecule has 0 aromatic carbocycles. The van der Waals surface area contributed by atoms with Crippen molar-refractivity contribution in [3.63, 3.8) is 0 Å². The van der Waals surface area contributed by atoms with Gasteiger partial charge in [-0.3, -0.25) is 0 Å². The Bertz CT molecular complexity index is 319. The highest BCUT2D eigenvalue weighted by atomic mass is 35.5. The zero-order valence-electron chi connectivity index (χ0n) is 8.46. The van der Waals surface area contributed by atoms with E-state index < -0.39 is 0 Å². The maximum atomic E-state index is 5.89. The van der Waals surface area contributed by atoms with E-state index in [1.807, 2.05) is 6.92 Å². The summed E-state index contributed by atoms with van der Waals surface area (Å²) in [6.07, 6.45) is 8.20. The van der Waals surface area contributed by atoms with E-state index in [0.29, 0.717) is 10.9 Å². The lowest BCUT2D eigenvalue weighted by Crippen LogP contribution is -2.09. The smallest absolute Gasteiger partial charge is 0.131 e. The minimum absolute atomic E-state index is 0.569. The molecule has 1 heterocycles. The SMILES string of the molecule is Cc1nc(C2CCCCC2)ncc1Cl. The topological polar surface area (TPSA) is 25.8 Å². The first-order chi connectivity index (χ1) is 6.77. The van der Waals surface area contributed by atoms with Gasteiger partial charge < -0.3 is 0 Å². The number of hydrogen-bond donors (Lipinski definition) is 0. The lowest BCUT2D eigenvalue weighted by Gasteiger charge is -2.20. The zero-order valence-corrected chi connectivity index (χ0v) is 9.22. The van der Waals surface area contributed by atoms with Gasteiger partial charge in [-0.25, -0.2) is 9.97 Å². The Labute approximate surface area is 89.7 Å². The Morgan fingerprint density at radius 2 is 2.00 bits per heavy atom. The molecule has 76 valence electrons. The van der Waals surface area contributed by atoms with Crippen molar-refractivity contribution in [1.29, 1.82) is 0 Å². The molecule has 1 aromatic rings. The maximum Gasteiger partial charge on any atom is 0.131 e. The van der Waals surface area contributed by atoms with Crippen LogP contribution in [0.2, 0.25) is 5.02 Å². The standard InChI is InChI=1S/C11H15ClN2/c1-8-10(12)7-13-11(14-8)9-5-3-2-4-6-9/h7,9H,2-6H2,1H3. The Hall–Kier alpha value is -0.630. The molecule has 1 aliphatic rings. The second-order valence-electron chi connectivity index (χ2n) is 4.00. The maximum absolute atomic E-state index is 5.89. The molecule has 0 N–H and O–H groups in total. The van der Waals surface area contributed by atoms with E-state index in [4.69, 9.17) is 11.6 Å². The predicted molar refractivity (Wildman–Crippen MR) is 57.6 cm³/mol. The van der Waals surface area contributed by atoms with E-state index in [1.165, 1.54) is 32.1 Å². The third kappa shape index (κ3) is 2.06. The van der Waals surface area contributed by atoms with E-state index >= 15 is 0 Å². The fourth-order valence-electron chi connectivity index (χ4n) is 2.03. The van der Waals surface area contributed by atoms with Crippen LogP contribution in [0.4, 0.5) is 0 Å². The van der Waals surface area contributed by atoms with Gasteiger partial charge in [-0.1, -0.05) is 30.9 Å². The van der Waals surface area contributed by atoms with Crippen molar-refractivity contribution in [3.8, 4) is 0 Å². The third-order valence-corrected chi connectivity index (χ3v) is 3.28. The monoisotopic (exact) mass is 210 g/mol. The van der Waals surface area contributed by atoms with Crippen LogP contribution in [0.15, 0.2) is 6.20 Å². The van der Waals surface area contributed by atoms with Crippen LogP contribution in [0.25, 0.3) is 0 Å². The van der Waals surface area contributed by atoms with Crippen LogP contribution in [-0.2, 0) is 0 Å². The number of nitrogens with zero attached hydrogens (tertiary/aromatic N) is 2. The quantitative estimate of drug-likeness (QED) is 0.709. The molecule has 0 atom stereocenters. The number of aryl methyl sites for hydroxylation is 1. The van der Waals surface area contributed by atoms with Gasteiger partial charge in [-0.15, -0.1) is 0 Å². The second kappa shape index (κ2) is 4.26. The molecule has 3 heteroatoms. The normalized spacial score (nSPS) is 18.4. The molecule has 0 unspecified atom stereocenters. The van der Waals surface area contributed by atoms with E-state index in [2.05, 4.69) is 9.97 Å². The number of halogens is 1. The van der Waals surface area contributed by atoms with Crippen LogP contribution in [0.3, 0.4) is 0 Å². The lowest BCUT2D eigenvalue weighted by molar-refractivity contribution is 0.428. The summed E-state index contributed by atoms with van der Waals surface area (Å²) in [5, 5.41) is 0.671. The highest BCUT2D eigenvalue weighted by Crippen LogP contribution is 2.30. The number of hydrogen-bond acceptors (Lipinski definition) is 2. The Morgan fingerprint density at radius 3 is 2.64 bits per heavy atom. The largest absolute Gasteiger partial charge is 0.240 e. The first kappa shape index (κ1) is 9.91. The van der Waals surface area contributed by atoms with Gasteiger partial charge in [0.15, 0.2) is 0 Å². The molecule has 0 amide bonds. The fourth-order valence-corrected chi connectivity index (χ4v) is 2.12. The first-order valence-electron chi connectivity index (χ1n) is 5.26. The van der Waals surface area contributed by atoms with E-state index in [0.717, 1.165) is 11.5 Å². The van der Waals surface area contributed by atoms with Gasteiger partial charge in [0.1, 0.15) is 5.82 Å². The molecule has 1 saturated carbocycles. The van der Waals surface area contributed by atoms with Crippen molar-refractivity contribution in [2.45, 2.75) is 44.9 Å². The van der Waals surface area contributed by atoms with Crippen LogP contribution in [0.5, 0.6) is 0 Å². The first-order valence-corrected chi connectivity index (χ1v) is 5.64. The van der Waals surface area contributed by atoms with Gasteiger partial charge in [-0.05, 0) is 19.8 Å². The van der Waals surface area contributed by atoms with Crippen LogP contribution in [0, 0.1) is 6.92 Å². The van der Waals surface area contributed by atoms with Crippen LogP contribution in [0.1, 0.15) is 49.5 Å². The lowest BCUT2D eigenvalue weighted by atomic mass is 9.89. The molecular weight excluding hydrogens is 196 g/mol. The summed E-state index contributed by atoms with van der Waals surface area (Å²) in [4.78, 5) is 8.77. The van der Waals surface area contributed by atoms with Crippen molar-refractivity contribution in [2.24, 2.45) is 0 Å². The van der Waals surface area contributed by atoms with Gasteiger partial charge in [0, 0.05) is 12.1 Å². The Morgan fingerprint density at radius 1 is 1.29 bits per heavy atom. The number of aromatic nitrogens is 2. The average molecular weight is 211 g/mol. The fraction of sp³-hybridized carbons (Fsp3) is 0.636. The minimum Gasteiger partial charge on any atom is -0.240 e. The molecule has 1 aromatic heterocycles. The molecule has 0 bridgehead atoms. The van der Waals surface area contributed by atoms with Gasteiger partial charge >= 0.3 is 0 Å². The summed E-state index contributed by atoms with van der Waals surface area (Å²) in [6.45, 7) is 1.94. The van der Waals surface area contributed by atoms with Gasteiger partial charge in [0.05, 0.1) is 10.7 Å². The highest BCUT2D eigenvalue weighted by Gasteiger charge is 2.18. The molecule has 1 aliphatic carbocycles. The van der Waals surface area contributed by atoms with Gasteiger partial charge in [0.2, 0.25) is 0 Å².